The van der Waals surface area contributed by atoms with E-state index in [1.54, 1.807) is 0 Å². The average molecular weight is 761 g/mol. The SMILES string of the molecule is CCCCc1ccc(N(c2ccc(-c3cc(N(c4ccc(CCCC)cc4)c4c(C)cccc4CC)ccc3-c3ccccc3)cc2)c2c(C)cccc2CC)cc1. The van der Waals surface area contributed by atoms with Crippen LogP contribution >= 0.6 is 0 Å². The number of para-hydroxylation sites is 2. The van der Waals surface area contributed by atoms with Crippen LogP contribution in [-0.4, -0.2) is 0 Å². The molecule has 0 radical (unpaired) electrons. The van der Waals surface area contributed by atoms with E-state index in [0.717, 1.165) is 37.1 Å². The van der Waals surface area contributed by atoms with Crippen LogP contribution in [0.15, 0.2) is 158 Å². The van der Waals surface area contributed by atoms with Crippen molar-refractivity contribution in [1.29, 1.82) is 0 Å². The van der Waals surface area contributed by atoms with Crippen LogP contribution < -0.4 is 9.80 Å². The lowest BCUT2D eigenvalue weighted by Crippen LogP contribution is -2.14. The summed E-state index contributed by atoms with van der Waals surface area (Å²) in [6, 6.07) is 59.1. The van der Waals surface area contributed by atoms with Gasteiger partial charge in [-0.1, -0.05) is 150 Å². The molecular weight excluding hydrogens is 701 g/mol. The van der Waals surface area contributed by atoms with E-state index in [-0.39, 0.29) is 0 Å². The molecule has 0 saturated carbocycles. The molecule has 0 aliphatic heterocycles. The molecule has 0 unspecified atom stereocenters. The van der Waals surface area contributed by atoms with Gasteiger partial charge in [-0.3, -0.25) is 0 Å². The third-order valence-corrected chi connectivity index (χ3v) is 11.7. The maximum absolute atomic E-state index is 2.49. The second-order valence-electron chi connectivity index (χ2n) is 15.7. The monoisotopic (exact) mass is 760 g/mol. The van der Waals surface area contributed by atoms with E-state index in [1.807, 2.05) is 0 Å². The van der Waals surface area contributed by atoms with Gasteiger partial charge in [-0.15, -0.1) is 0 Å². The van der Waals surface area contributed by atoms with Gasteiger partial charge in [-0.2, -0.15) is 0 Å². The number of nitrogens with zero attached hydrogens (tertiary/aromatic N) is 2. The summed E-state index contributed by atoms with van der Waals surface area (Å²) in [4.78, 5) is 4.95. The summed E-state index contributed by atoms with van der Waals surface area (Å²) in [6.45, 7) is 13.5. The Labute approximate surface area is 348 Å². The number of rotatable bonds is 16. The first-order valence-electron chi connectivity index (χ1n) is 21.7. The fraction of sp³-hybridized carbons (Fsp3) is 0.250. The Bertz CT molecular complexity index is 2390. The smallest absolute Gasteiger partial charge is 0.0522 e. The van der Waals surface area contributed by atoms with E-state index in [0.29, 0.717) is 0 Å². The van der Waals surface area contributed by atoms with Crippen LogP contribution in [0.5, 0.6) is 0 Å². The van der Waals surface area contributed by atoms with Gasteiger partial charge >= 0.3 is 0 Å². The predicted molar refractivity (Wildman–Crippen MR) is 252 cm³/mol. The van der Waals surface area contributed by atoms with Gasteiger partial charge in [0.25, 0.3) is 0 Å². The van der Waals surface area contributed by atoms with Crippen molar-refractivity contribution in [3.05, 3.63) is 191 Å². The molecule has 0 amide bonds. The first-order chi connectivity index (χ1) is 28.4. The lowest BCUT2D eigenvalue weighted by molar-refractivity contribution is 0.795. The average Bonchev–Trinajstić information content (AvgIpc) is 3.27. The van der Waals surface area contributed by atoms with E-state index in [1.165, 1.54) is 104 Å². The maximum atomic E-state index is 2.49. The molecule has 7 rings (SSSR count). The van der Waals surface area contributed by atoms with Crippen LogP contribution in [0.2, 0.25) is 0 Å². The quantitative estimate of drug-likeness (QED) is 0.0968. The Hall–Kier alpha value is -5.86. The second-order valence-corrected chi connectivity index (χ2v) is 15.7. The van der Waals surface area contributed by atoms with Crippen LogP contribution in [0, 0.1) is 13.8 Å². The minimum atomic E-state index is 0.955. The number of aryl methyl sites for hydroxylation is 6. The molecule has 0 aromatic heterocycles. The van der Waals surface area contributed by atoms with E-state index in [9.17, 15) is 0 Å². The van der Waals surface area contributed by atoms with Crippen molar-refractivity contribution in [2.24, 2.45) is 0 Å². The topological polar surface area (TPSA) is 6.48 Å². The zero-order chi connectivity index (χ0) is 40.4. The highest BCUT2D eigenvalue weighted by Gasteiger charge is 2.22. The molecule has 58 heavy (non-hydrogen) atoms. The maximum Gasteiger partial charge on any atom is 0.0522 e. The fourth-order valence-corrected chi connectivity index (χ4v) is 8.42. The summed E-state index contributed by atoms with van der Waals surface area (Å²) in [7, 11) is 0. The van der Waals surface area contributed by atoms with E-state index in [2.05, 4.69) is 209 Å². The second kappa shape index (κ2) is 19.1. The largest absolute Gasteiger partial charge is 0.310 e. The highest BCUT2D eigenvalue weighted by Crippen LogP contribution is 2.45. The van der Waals surface area contributed by atoms with Crippen molar-refractivity contribution in [1.82, 2.24) is 0 Å². The Morgan fingerprint density at radius 1 is 0.379 bits per heavy atom. The minimum absolute atomic E-state index is 0.955. The summed E-state index contributed by atoms with van der Waals surface area (Å²) in [5, 5.41) is 0. The van der Waals surface area contributed by atoms with E-state index in [4.69, 9.17) is 0 Å². The molecule has 0 fully saturated rings. The zero-order valence-corrected chi connectivity index (χ0v) is 35.6. The molecule has 0 heterocycles. The Morgan fingerprint density at radius 3 is 1.28 bits per heavy atom. The van der Waals surface area contributed by atoms with Crippen molar-refractivity contribution in [3.8, 4) is 22.3 Å². The molecule has 2 nitrogen and oxygen atoms in total. The Kier molecular flexibility index (Phi) is 13.3. The summed E-state index contributed by atoms with van der Waals surface area (Å²) in [6.07, 6.45) is 8.96. The molecule has 294 valence electrons. The Balaban J connectivity index is 1.37. The van der Waals surface area contributed by atoms with Crippen LogP contribution in [0.3, 0.4) is 0 Å². The zero-order valence-electron chi connectivity index (χ0n) is 35.6. The summed E-state index contributed by atoms with van der Waals surface area (Å²) >= 11 is 0. The molecule has 0 bridgehead atoms. The van der Waals surface area contributed by atoms with Crippen molar-refractivity contribution < 1.29 is 0 Å². The van der Waals surface area contributed by atoms with E-state index >= 15 is 0 Å². The normalized spacial score (nSPS) is 11.1. The van der Waals surface area contributed by atoms with Gasteiger partial charge in [0.2, 0.25) is 0 Å². The van der Waals surface area contributed by atoms with Crippen molar-refractivity contribution in [3.63, 3.8) is 0 Å². The van der Waals surface area contributed by atoms with Gasteiger partial charge in [-0.05, 0) is 157 Å². The molecule has 0 atom stereocenters. The molecular formula is C56H60N2. The summed E-state index contributed by atoms with van der Waals surface area (Å²) in [5.41, 5.74) is 20.1. The number of unbranched alkanes of at least 4 members (excludes halogenated alkanes) is 2. The van der Waals surface area contributed by atoms with Gasteiger partial charge in [0.05, 0.1) is 11.4 Å². The molecule has 0 aliphatic rings. The first kappa shape index (κ1) is 40.3. The standard InChI is InChI=1S/C56H60N2/c1-7-11-20-43-26-32-49(33-27-43)57(55-41(5)18-16-24-45(55)9-3)51-36-30-48(31-37-51)54-40-52(38-39-53(54)47-22-14-13-15-23-47)58(56-42(6)19-17-25-46(56)10-4)50-34-28-44(29-35-50)21-12-8-2/h13-19,22-40H,7-12,20-21H2,1-6H3. The first-order valence-corrected chi connectivity index (χ1v) is 21.7. The van der Waals surface area contributed by atoms with Crippen LogP contribution in [-0.2, 0) is 25.7 Å². The molecule has 7 aromatic carbocycles. The third kappa shape index (κ3) is 8.82. The van der Waals surface area contributed by atoms with Gasteiger partial charge in [0.15, 0.2) is 0 Å². The molecule has 0 saturated heterocycles. The molecule has 7 aromatic rings. The van der Waals surface area contributed by atoms with Crippen molar-refractivity contribution in [2.75, 3.05) is 9.80 Å². The number of hydrogen-bond donors (Lipinski definition) is 0. The number of hydrogen-bond acceptors (Lipinski definition) is 2. The fourth-order valence-electron chi connectivity index (χ4n) is 8.42. The van der Waals surface area contributed by atoms with Gasteiger partial charge in [0, 0.05) is 22.7 Å². The van der Waals surface area contributed by atoms with Crippen molar-refractivity contribution in [2.45, 2.75) is 92.9 Å². The van der Waals surface area contributed by atoms with Gasteiger partial charge in [-0.25, -0.2) is 0 Å². The summed E-state index contributed by atoms with van der Waals surface area (Å²) in [5.74, 6) is 0. The van der Waals surface area contributed by atoms with Crippen LogP contribution in [0.4, 0.5) is 34.1 Å². The van der Waals surface area contributed by atoms with Crippen molar-refractivity contribution >= 4 is 34.1 Å². The van der Waals surface area contributed by atoms with Gasteiger partial charge in [0.1, 0.15) is 0 Å². The highest BCUT2D eigenvalue weighted by atomic mass is 15.2. The van der Waals surface area contributed by atoms with Crippen LogP contribution in [0.25, 0.3) is 22.3 Å². The minimum Gasteiger partial charge on any atom is -0.310 e. The van der Waals surface area contributed by atoms with Gasteiger partial charge < -0.3 is 9.80 Å². The van der Waals surface area contributed by atoms with Crippen LogP contribution in [0.1, 0.15) is 86.8 Å². The lowest BCUT2D eigenvalue weighted by Gasteiger charge is -2.30. The molecule has 0 N–H and O–H groups in total. The third-order valence-electron chi connectivity index (χ3n) is 11.7. The molecule has 0 spiro atoms. The number of benzene rings is 7. The molecule has 2 heteroatoms. The van der Waals surface area contributed by atoms with E-state index < -0.39 is 0 Å². The number of anilines is 6. The summed E-state index contributed by atoms with van der Waals surface area (Å²) < 4.78 is 0. The highest BCUT2D eigenvalue weighted by molar-refractivity contribution is 5.91. The Morgan fingerprint density at radius 2 is 0.810 bits per heavy atom. The molecule has 0 aliphatic carbocycles. The predicted octanol–water partition coefficient (Wildman–Crippen LogP) is 16.4. The lowest BCUT2D eigenvalue weighted by atomic mass is 9.93.